The van der Waals surface area contributed by atoms with E-state index >= 15 is 0 Å². The summed E-state index contributed by atoms with van der Waals surface area (Å²) in [4.78, 5) is 37.2. The van der Waals surface area contributed by atoms with Crippen molar-refractivity contribution in [2.24, 2.45) is 0 Å². The molecule has 2 aromatic carbocycles. The average molecular weight is 504 g/mol. The third kappa shape index (κ3) is 4.46. The van der Waals surface area contributed by atoms with Crippen LogP contribution < -0.4 is 15.5 Å². The molecule has 2 amide bonds. The summed E-state index contributed by atoms with van der Waals surface area (Å²) in [6, 6.07) is 24.2. The van der Waals surface area contributed by atoms with Crippen LogP contribution in [-0.2, 0) is 6.54 Å². The average Bonchev–Trinajstić information content (AvgIpc) is 3.42. The van der Waals surface area contributed by atoms with Gasteiger partial charge in [-0.2, -0.15) is 11.3 Å². The van der Waals surface area contributed by atoms with Crippen LogP contribution in [0, 0.1) is 0 Å². The van der Waals surface area contributed by atoms with Gasteiger partial charge in [0.25, 0.3) is 11.8 Å². The fraction of sp³-hybridized carbons (Fsp3) is 0.0345. The SMILES string of the molecule is O=C(Nc1ccc(C(=O)N2Cc3cccnc3Nc3ccccc32)cn1)c1ccccc1-c1ccsc1. The molecule has 0 spiro atoms. The Morgan fingerprint density at radius 2 is 1.78 bits per heavy atom. The minimum absolute atomic E-state index is 0.195. The lowest BCUT2D eigenvalue weighted by atomic mass is 10.0. The van der Waals surface area contributed by atoms with Crippen LogP contribution in [0.15, 0.2) is 102 Å². The third-order valence-electron chi connectivity index (χ3n) is 6.17. The molecular weight excluding hydrogens is 482 g/mol. The van der Waals surface area contributed by atoms with Gasteiger partial charge in [-0.05, 0) is 64.4 Å². The number of hydrogen-bond acceptors (Lipinski definition) is 6. The largest absolute Gasteiger partial charge is 0.338 e. The summed E-state index contributed by atoms with van der Waals surface area (Å²) >= 11 is 1.58. The summed E-state index contributed by atoms with van der Waals surface area (Å²) < 4.78 is 0. The molecular formula is C29H21N5O2S. The molecule has 1 aliphatic rings. The smallest absolute Gasteiger partial charge is 0.260 e. The summed E-state index contributed by atoms with van der Waals surface area (Å²) in [6.45, 7) is 0.365. The first-order chi connectivity index (χ1) is 18.2. The Hall–Kier alpha value is -4.82. The zero-order valence-corrected chi connectivity index (χ0v) is 20.4. The second-order valence-corrected chi connectivity index (χ2v) is 9.27. The topological polar surface area (TPSA) is 87.2 Å². The molecule has 6 rings (SSSR count). The van der Waals surface area contributed by atoms with Gasteiger partial charge in [0.1, 0.15) is 11.6 Å². The molecule has 0 saturated carbocycles. The van der Waals surface area contributed by atoms with Gasteiger partial charge in [-0.1, -0.05) is 36.4 Å². The van der Waals surface area contributed by atoms with E-state index in [0.29, 0.717) is 23.5 Å². The van der Waals surface area contributed by atoms with Gasteiger partial charge in [0, 0.05) is 23.5 Å². The Kier molecular flexibility index (Phi) is 5.92. The molecule has 5 aromatic rings. The number of thiophene rings is 1. The Morgan fingerprint density at radius 3 is 2.62 bits per heavy atom. The lowest BCUT2D eigenvalue weighted by Crippen LogP contribution is -2.30. The van der Waals surface area contributed by atoms with Crippen LogP contribution in [0.4, 0.5) is 23.0 Å². The molecule has 3 aromatic heterocycles. The van der Waals surface area contributed by atoms with Gasteiger partial charge >= 0.3 is 0 Å². The van der Waals surface area contributed by atoms with Gasteiger partial charge in [0.05, 0.1) is 23.5 Å². The molecule has 7 nitrogen and oxygen atoms in total. The van der Waals surface area contributed by atoms with E-state index in [1.165, 1.54) is 6.20 Å². The van der Waals surface area contributed by atoms with Crippen LogP contribution >= 0.6 is 11.3 Å². The van der Waals surface area contributed by atoms with Gasteiger partial charge in [-0.25, -0.2) is 9.97 Å². The quantitative estimate of drug-likeness (QED) is 0.298. The molecule has 2 N–H and O–H groups in total. The fourth-order valence-electron chi connectivity index (χ4n) is 4.34. The van der Waals surface area contributed by atoms with E-state index in [1.54, 1.807) is 40.6 Å². The van der Waals surface area contributed by atoms with Crippen LogP contribution in [-0.4, -0.2) is 21.8 Å². The minimum Gasteiger partial charge on any atom is -0.338 e. The van der Waals surface area contributed by atoms with Gasteiger partial charge in [0.2, 0.25) is 0 Å². The van der Waals surface area contributed by atoms with Crippen LogP contribution in [0.2, 0.25) is 0 Å². The van der Waals surface area contributed by atoms with E-state index in [2.05, 4.69) is 20.6 Å². The van der Waals surface area contributed by atoms with Crippen molar-refractivity contribution in [3.05, 3.63) is 119 Å². The maximum absolute atomic E-state index is 13.6. The van der Waals surface area contributed by atoms with E-state index < -0.39 is 0 Å². The Labute approximate surface area is 217 Å². The van der Waals surface area contributed by atoms with Crippen LogP contribution in [0.1, 0.15) is 26.3 Å². The standard InChI is InChI=1S/C29H21N5O2S/c35-28(23-8-2-1-7-22(23)21-13-15-37-18-21)33-26-12-11-19(16-31-26)29(36)34-17-20-6-5-14-30-27(20)32-24-9-3-4-10-25(24)34/h1-16,18H,17H2,(H,30,32)(H,31,33,35). The number of benzene rings is 2. The first-order valence-electron chi connectivity index (χ1n) is 11.7. The van der Waals surface area contributed by atoms with Crippen LogP contribution in [0.3, 0.4) is 0 Å². The Bertz CT molecular complexity index is 1600. The van der Waals surface area contributed by atoms with Crippen molar-refractivity contribution < 1.29 is 9.59 Å². The maximum Gasteiger partial charge on any atom is 0.260 e. The molecule has 0 fully saturated rings. The monoisotopic (exact) mass is 503 g/mol. The molecule has 1 aliphatic heterocycles. The third-order valence-corrected chi connectivity index (χ3v) is 6.85. The van der Waals surface area contributed by atoms with Crippen molar-refractivity contribution in [2.75, 3.05) is 15.5 Å². The highest BCUT2D eigenvalue weighted by molar-refractivity contribution is 7.08. The number of aromatic nitrogens is 2. The number of anilines is 4. The van der Waals surface area contributed by atoms with Gasteiger partial charge in [-0.3, -0.25) is 9.59 Å². The van der Waals surface area contributed by atoms with E-state index in [-0.39, 0.29) is 11.8 Å². The molecule has 0 saturated heterocycles. The molecule has 0 radical (unpaired) electrons. The van der Waals surface area contributed by atoms with Crippen molar-refractivity contribution in [1.82, 2.24) is 9.97 Å². The number of fused-ring (bicyclic) bond motifs is 2. The number of amides is 2. The summed E-state index contributed by atoms with van der Waals surface area (Å²) in [5.74, 6) is 0.641. The normalized spacial score (nSPS) is 12.1. The van der Waals surface area contributed by atoms with Gasteiger partial charge < -0.3 is 15.5 Å². The lowest BCUT2D eigenvalue weighted by Gasteiger charge is -2.22. The Balaban J connectivity index is 1.24. The number of para-hydroxylation sites is 2. The van der Waals surface area contributed by atoms with Crippen molar-refractivity contribution in [1.29, 1.82) is 0 Å². The van der Waals surface area contributed by atoms with Gasteiger partial charge in [0.15, 0.2) is 0 Å². The highest BCUT2D eigenvalue weighted by atomic mass is 32.1. The number of rotatable bonds is 4. The summed E-state index contributed by atoms with van der Waals surface area (Å²) in [5.41, 5.74) is 5.29. The van der Waals surface area contributed by atoms with E-state index in [0.717, 1.165) is 33.9 Å². The summed E-state index contributed by atoms with van der Waals surface area (Å²) in [5, 5.41) is 10.2. The van der Waals surface area contributed by atoms with E-state index in [4.69, 9.17) is 0 Å². The fourth-order valence-corrected chi connectivity index (χ4v) is 5.00. The number of carbonyl (C=O) groups excluding carboxylic acids is 2. The zero-order chi connectivity index (χ0) is 25.2. The first kappa shape index (κ1) is 22.6. The molecule has 37 heavy (non-hydrogen) atoms. The van der Waals surface area contributed by atoms with Crippen LogP contribution in [0.25, 0.3) is 11.1 Å². The highest BCUT2D eigenvalue weighted by Crippen LogP contribution is 2.35. The first-order valence-corrected chi connectivity index (χ1v) is 12.6. The summed E-state index contributed by atoms with van der Waals surface area (Å²) in [7, 11) is 0. The van der Waals surface area contributed by atoms with Crippen molar-refractivity contribution in [2.45, 2.75) is 6.54 Å². The molecule has 8 heteroatoms. The number of nitrogens with zero attached hydrogens (tertiary/aromatic N) is 3. The van der Waals surface area contributed by atoms with E-state index in [1.807, 2.05) is 71.4 Å². The van der Waals surface area contributed by atoms with E-state index in [9.17, 15) is 9.59 Å². The predicted octanol–water partition coefficient (Wildman–Crippen LogP) is 6.36. The number of pyridine rings is 2. The van der Waals surface area contributed by atoms with Crippen molar-refractivity contribution in [3.8, 4) is 11.1 Å². The summed E-state index contributed by atoms with van der Waals surface area (Å²) in [6.07, 6.45) is 3.22. The zero-order valence-electron chi connectivity index (χ0n) is 19.6. The maximum atomic E-state index is 13.6. The molecule has 180 valence electrons. The second-order valence-electron chi connectivity index (χ2n) is 8.49. The highest BCUT2D eigenvalue weighted by Gasteiger charge is 2.25. The Morgan fingerprint density at radius 1 is 0.919 bits per heavy atom. The molecule has 0 atom stereocenters. The van der Waals surface area contributed by atoms with Crippen molar-refractivity contribution >= 4 is 46.2 Å². The van der Waals surface area contributed by atoms with Gasteiger partial charge in [-0.15, -0.1) is 0 Å². The minimum atomic E-state index is -0.259. The molecule has 4 heterocycles. The lowest BCUT2D eigenvalue weighted by molar-refractivity contribution is 0.0984. The van der Waals surface area contributed by atoms with Crippen molar-refractivity contribution in [3.63, 3.8) is 0 Å². The van der Waals surface area contributed by atoms with Crippen LogP contribution in [0.5, 0.6) is 0 Å². The molecule has 0 aliphatic carbocycles. The second kappa shape index (κ2) is 9.67. The number of nitrogens with one attached hydrogen (secondary N) is 2. The molecule has 0 bridgehead atoms. The molecule has 0 unspecified atom stereocenters. The number of carbonyl (C=O) groups is 2. The predicted molar refractivity (Wildman–Crippen MR) is 146 cm³/mol. The number of hydrogen-bond donors (Lipinski definition) is 2.